The van der Waals surface area contributed by atoms with Crippen molar-refractivity contribution in [2.24, 2.45) is 0 Å². The fraction of sp³-hybridized carbons (Fsp3) is 0.222. The number of anilines is 1. The lowest BCUT2D eigenvalue weighted by atomic mass is 10.1. The molecule has 8 heteroatoms. The molecule has 182 valence electrons. The van der Waals surface area contributed by atoms with E-state index in [2.05, 4.69) is 10.6 Å². The molecule has 0 aliphatic heterocycles. The second kappa shape index (κ2) is 13.1. The molecule has 0 heterocycles. The van der Waals surface area contributed by atoms with Crippen molar-refractivity contribution in [3.05, 3.63) is 90.0 Å². The summed E-state index contributed by atoms with van der Waals surface area (Å²) in [4.78, 5) is 25.8. The van der Waals surface area contributed by atoms with Crippen LogP contribution in [0.2, 0.25) is 0 Å². The Bertz CT molecular complexity index is 1120. The van der Waals surface area contributed by atoms with Gasteiger partial charge in [-0.1, -0.05) is 30.3 Å². The molecule has 0 aromatic heterocycles. The third-order valence-corrected chi connectivity index (χ3v) is 5.25. The number of carbonyl (C=O) groups is 2. The Kier molecular flexibility index (Phi) is 9.62. The molecule has 3 aromatic rings. The molecule has 0 saturated heterocycles. The Morgan fingerprint density at radius 1 is 0.829 bits per heavy atom. The van der Waals surface area contributed by atoms with Crippen LogP contribution in [-0.2, 0) is 11.2 Å². The second-order valence-corrected chi connectivity index (χ2v) is 8.34. The summed E-state index contributed by atoms with van der Waals surface area (Å²) >= 11 is 5.26. The Morgan fingerprint density at radius 2 is 1.43 bits per heavy atom. The first-order valence-electron chi connectivity index (χ1n) is 11.2. The zero-order chi connectivity index (χ0) is 25.0. The monoisotopic (exact) mass is 491 g/mol. The van der Waals surface area contributed by atoms with E-state index >= 15 is 0 Å². The number of nitrogens with zero attached hydrogens (tertiary/aromatic N) is 1. The van der Waals surface area contributed by atoms with E-state index < -0.39 is 0 Å². The first kappa shape index (κ1) is 25.7. The lowest BCUT2D eigenvalue weighted by molar-refractivity contribution is -0.128. The lowest BCUT2D eigenvalue weighted by Crippen LogP contribution is -2.34. The SMILES string of the molecule is CN(C)C(=O)CCc1ccc(NC(=S)NC(=O)c2ccc(OCCOc3ccccc3)cc2)cc1. The average molecular weight is 492 g/mol. The van der Waals surface area contributed by atoms with Crippen molar-refractivity contribution < 1.29 is 19.1 Å². The van der Waals surface area contributed by atoms with E-state index in [0.29, 0.717) is 37.4 Å². The van der Waals surface area contributed by atoms with E-state index in [9.17, 15) is 9.59 Å². The highest BCUT2D eigenvalue weighted by atomic mass is 32.1. The zero-order valence-corrected chi connectivity index (χ0v) is 20.6. The molecule has 0 aliphatic rings. The van der Waals surface area contributed by atoms with Crippen LogP contribution in [-0.4, -0.2) is 49.1 Å². The Labute approximate surface area is 211 Å². The number of aryl methyl sites for hydroxylation is 1. The van der Waals surface area contributed by atoms with Crippen molar-refractivity contribution in [2.75, 3.05) is 32.6 Å². The standard InChI is InChI=1S/C27H29N3O4S/c1-30(2)25(31)17-10-20-8-13-22(14-9-20)28-27(35)29-26(32)21-11-15-24(16-12-21)34-19-18-33-23-6-4-3-5-7-23/h3-9,11-16H,10,17-19H2,1-2H3,(H2,28,29,32,35). The van der Waals surface area contributed by atoms with Gasteiger partial charge in [0.05, 0.1) is 0 Å². The van der Waals surface area contributed by atoms with E-state index in [1.54, 1.807) is 43.3 Å². The van der Waals surface area contributed by atoms with E-state index in [1.807, 2.05) is 54.6 Å². The number of rotatable bonds is 10. The van der Waals surface area contributed by atoms with E-state index in [-0.39, 0.29) is 16.9 Å². The summed E-state index contributed by atoms with van der Waals surface area (Å²) in [6.45, 7) is 0.806. The Balaban J connectivity index is 1.40. The van der Waals surface area contributed by atoms with Gasteiger partial charge in [0.15, 0.2) is 5.11 Å². The van der Waals surface area contributed by atoms with Gasteiger partial charge in [-0.05, 0) is 72.7 Å². The van der Waals surface area contributed by atoms with Crippen molar-refractivity contribution in [1.29, 1.82) is 0 Å². The number of hydrogen-bond acceptors (Lipinski definition) is 5. The van der Waals surface area contributed by atoms with Gasteiger partial charge in [0.1, 0.15) is 24.7 Å². The molecule has 0 aliphatic carbocycles. The largest absolute Gasteiger partial charge is 0.490 e. The minimum absolute atomic E-state index is 0.0905. The van der Waals surface area contributed by atoms with Gasteiger partial charge in [0.25, 0.3) is 5.91 Å². The number of ether oxygens (including phenoxy) is 2. The van der Waals surface area contributed by atoms with E-state index in [0.717, 1.165) is 17.0 Å². The van der Waals surface area contributed by atoms with E-state index in [4.69, 9.17) is 21.7 Å². The number of carbonyl (C=O) groups excluding carboxylic acids is 2. The molecular formula is C27H29N3O4S. The Hall–Kier alpha value is -3.91. The lowest BCUT2D eigenvalue weighted by Gasteiger charge is -2.12. The van der Waals surface area contributed by atoms with Crippen molar-refractivity contribution in [1.82, 2.24) is 10.2 Å². The molecule has 0 bridgehead atoms. The molecule has 35 heavy (non-hydrogen) atoms. The summed E-state index contributed by atoms with van der Waals surface area (Å²) in [6.07, 6.45) is 1.12. The fourth-order valence-electron chi connectivity index (χ4n) is 3.11. The normalized spacial score (nSPS) is 10.2. The molecule has 0 unspecified atom stereocenters. The number of hydrogen-bond donors (Lipinski definition) is 2. The van der Waals surface area contributed by atoms with Gasteiger partial charge in [-0.3, -0.25) is 14.9 Å². The molecule has 0 spiro atoms. The summed E-state index contributed by atoms with van der Waals surface area (Å²) in [6, 6.07) is 23.9. The summed E-state index contributed by atoms with van der Waals surface area (Å²) in [5, 5.41) is 5.87. The van der Waals surface area contributed by atoms with Gasteiger partial charge in [0, 0.05) is 31.8 Å². The van der Waals surface area contributed by atoms with Gasteiger partial charge < -0.3 is 19.7 Å². The summed E-state index contributed by atoms with van der Waals surface area (Å²) in [5.41, 5.74) is 2.26. The summed E-state index contributed by atoms with van der Waals surface area (Å²) in [5.74, 6) is 1.21. The predicted octanol–water partition coefficient (Wildman–Crippen LogP) is 4.29. The van der Waals surface area contributed by atoms with Crippen LogP contribution >= 0.6 is 12.2 Å². The van der Waals surface area contributed by atoms with Crippen LogP contribution in [0.25, 0.3) is 0 Å². The highest BCUT2D eigenvalue weighted by Gasteiger charge is 2.09. The third kappa shape index (κ3) is 8.75. The highest BCUT2D eigenvalue weighted by molar-refractivity contribution is 7.80. The third-order valence-electron chi connectivity index (χ3n) is 5.05. The van der Waals surface area contributed by atoms with Crippen molar-refractivity contribution in [3.63, 3.8) is 0 Å². The smallest absolute Gasteiger partial charge is 0.257 e. The first-order valence-corrected chi connectivity index (χ1v) is 11.6. The number of benzene rings is 3. The van der Waals surface area contributed by atoms with Gasteiger partial charge in [-0.15, -0.1) is 0 Å². The number of para-hydroxylation sites is 1. The van der Waals surface area contributed by atoms with Crippen molar-refractivity contribution in [2.45, 2.75) is 12.8 Å². The van der Waals surface area contributed by atoms with Gasteiger partial charge in [-0.2, -0.15) is 0 Å². The first-order chi connectivity index (χ1) is 16.9. The van der Waals surface area contributed by atoms with Crippen LogP contribution < -0.4 is 20.1 Å². The van der Waals surface area contributed by atoms with Crippen LogP contribution in [0.3, 0.4) is 0 Å². The number of amides is 2. The number of thiocarbonyl (C=S) groups is 1. The maximum absolute atomic E-state index is 12.5. The molecule has 7 nitrogen and oxygen atoms in total. The van der Waals surface area contributed by atoms with Crippen molar-refractivity contribution in [3.8, 4) is 11.5 Å². The maximum atomic E-state index is 12.5. The maximum Gasteiger partial charge on any atom is 0.257 e. The number of nitrogens with one attached hydrogen (secondary N) is 2. The molecule has 0 saturated carbocycles. The molecule has 3 rings (SSSR count). The minimum Gasteiger partial charge on any atom is -0.490 e. The molecule has 0 atom stereocenters. The van der Waals surface area contributed by atoms with E-state index in [1.165, 1.54) is 0 Å². The topological polar surface area (TPSA) is 79.9 Å². The Morgan fingerprint density at radius 3 is 2.03 bits per heavy atom. The van der Waals surface area contributed by atoms with Gasteiger partial charge in [0.2, 0.25) is 5.91 Å². The zero-order valence-electron chi connectivity index (χ0n) is 19.8. The molecular weight excluding hydrogens is 462 g/mol. The van der Waals surface area contributed by atoms with Crippen LogP contribution in [0, 0.1) is 0 Å². The van der Waals surface area contributed by atoms with Gasteiger partial charge in [-0.25, -0.2) is 0 Å². The molecule has 0 radical (unpaired) electrons. The summed E-state index contributed by atoms with van der Waals surface area (Å²) < 4.78 is 11.3. The highest BCUT2D eigenvalue weighted by Crippen LogP contribution is 2.14. The van der Waals surface area contributed by atoms with Gasteiger partial charge >= 0.3 is 0 Å². The molecule has 0 fully saturated rings. The van der Waals surface area contributed by atoms with Crippen LogP contribution in [0.1, 0.15) is 22.3 Å². The second-order valence-electron chi connectivity index (χ2n) is 7.93. The summed E-state index contributed by atoms with van der Waals surface area (Å²) in [7, 11) is 3.49. The predicted molar refractivity (Wildman–Crippen MR) is 141 cm³/mol. The van der Waals surface area contributed by atoms with Crippen molar-refractivity contribution >= 4 is 34.8 Å². The van der Waals surface area contributed by atoms with Crippen LogP contribution in [0.5, 0.6) is 11.5 Å². The minimum atomic E-state index is -0.319. The van der Waals surface area contributed by atoms with Crippen LogP contribution in [0.15, 0.2) is 78.9 Å². The molecule has 2 N–H and O–H groups in total. The molecule has 2 amide bonds. The quantitative estimate of drug-likeness (QED) is 0.325. The molecule has 3 aromatic carbocycles. The van der Waals surface area contributed by atoms with Crippen LogP contribution in [0.4, 0.5) is 5.69 Å². The fourth-order valence-corrected chi connectivity index (χ4v) is 3.32. The average Bonchev–Trinajstić information content (AvgIpc) is 2.87.